The van der Waals surface area contributed by atoms with Gasteiger partial charge in [0, 0.05) is 5.56 Å². The largest absolute Gasteiger partial charge is 0.310 e. The van der Waals surface area contributed by atoms with Crippen molar-refractivity contribution < 1.29 is 13.2 Å². The number of nitrogens with one attached hydrogen (secondary N) is 1. The second-order valence-electron chi connectivity index (χ2n) is 10.6. The van der Waals surface area contributed by atoms with Crippen LogP contribution in [0.4, 0.5) is 5.82 Å². The minimum absolute atomic E-state index is 0.0519. The number of anilines is 1. The van der Waals surface area contributed by atoms with Gasteiger partial charge in [-0.25, -0.2) is 13.1 Å². The van der Waals surface area contributed by atoms with Crippen molar-refractivity contribution in [3.63, 3.8) is 0 Å². The fourth-order valence-electron chi connectivity index (χ4n) is 7.14. The molecule has 4 aliphatic carbocycles. The van der Waals surface area contributed by atoms with Gasteiger partial charge >= 0.3 is 0 Å². The van der Waals surface area contributed by atoms with Crippen LogP contribution in [-0.2, 0) is 26.1 Å². The average molecular weight is 440 g/mol. The van der Waals surface area contributed by atoms with Crippen molar-refractivity contribution in [2.24, 2.45) is 23.2 Å². The Hall–Kier alpha value is -2.15. The van der Waals surface area contributed by atoms with Crippen molar-refractivity contribution in [3.8, 4) is 5.69 Å². The lowest BCUT2D eigenvalue weighted by atomic mass is 9.49. The number of aryl methyl sites for hydroxylation is 1. The number of fused-ring (bicyclic) bond motifs is 1. The third-order valence-electron chi connectivity index (χ3n) is 8.34. The molecule has 7 rings (SSSR count). The van der Waals surface area contributed by atoms with Gasteiger partial charge in [-0.2, -0.15) is 5.10 Å². The van der Waals surface area contributed by atoms with Crippen molar-refractivity contribution in [3.05, 3.63) is 40.6 Å². The molecule has 4 fully saturated rings. The Morgan fingerprint density at radius 1 is 1.06 bits per heavy atom. The van der Waals surface area contributed by atoms with Crippen molar-refractivity contribution >= 4 is 21.6 Å². The van der Waals surface area contributed by atoms with E-state index in [1.54, 1.807) is 4.68 Å². The highest BCUT2D eigenvalue weighted by atomic mass is 32.2. The maximum atomic E-state index is 13.8. The van der Waals surface area contributed by atoms with E-state index in [2.05, 4.69) is 10.4 Å². The molecule has 1 amide bonds. The summed E-state index contributed by atoms with van der Waals surface area (Å²) in [5.74, 6) is 2.55. The van der Waals surface area contributed by atoms with Crippen LogP contribution in [0.3, 0.4) is 0 Å². The fraction of sp³-hybridized carbons (Fsp3) is 0.583. The summed E-state index contributed by atoms with van der Waals surface area (Å²) in [6.07, 6.45) is 6.76. The Labute approximate surface area is 183 Å². The number of benzene rings is 1. The maximum Gasteiger partial charge on any atom is 0.231 e. The first-order chi connectivity index (χ1) is 14.7. The van der Waals surface area contributed by atoms with E-state index < -0.39 is 9.84 Å². The zero-order valence-electron chi connectivity index (χ0n) is 18.1. The maximum absolute atomic E-state index is 13.8. The number of carbonyl (C=O) groups is 1. The third-order valence-corrected chi connectivity index (χ3v) is 9.79. The lowest BCUT2D eigenvalue weighted by Crippen LogP contribution is -2.52. The summed E-state index contributed by atoms with van der Waals surface area (Å²) in [6, 6.07) is 6.01. The van der Waals surface area contributed by atoms with E-state index in [0.29, 0.717) is 34.8 Å². The summed E-state index contributed by atoms with van der Waals surface area (Å²) >= 11 is 0. The highest BCUT2D eigenvalue weighted by Gasteiger charge is 2.55. The second-order valence-corrected chi connectivity index (χ2v) is 12.7. The molecule has 164 valence electrons. The van der Waals surface area contributed by atoms with Gasteiger partial charge in [-0.3, -0.25) is 4.79 Å². The number of nitrogens with zero attached hydrogens (tertiary/aromatic N) is 2. The van der Waals surface area contributed by atoms with Crippen molar-refractivity contribution in [1.29, 1.82) is 0 Å². The van der Waals surface area contributed by atoms with Crippen LogP contribution in [0.5, 0.6) is 0 Å². The number of hydrogen-bond donors (Lipinski definition) is 1. The standard InChI is InChI=1S/C24H29N3O3S/c1-14-4-3-5-21(15(14)2)27-22(19-12-31(29,30)13-20(19)26-27)25-23(28)24-9-16-6-17(10-24)8-18(7-16)11-24/h3-5,16-18H,6-13H2,1-2H3,(H,25,28). The normalized spacial score (nSPS) is 32.3. The van der Waals surface area contributed by atoms with E-state index >= 15 is 0 Å². The van der Waals surface area contributed by atoms with Crippen LogP contribution in [0.2, 0.25) is 0 Å². The predicted octanol–water partition coefficient (Wildman–Crippen LogP) is 4.07. The quantitative estimate of drug-likeness (QED) is 0.782. The number of amides is 1. The summed E-state index contributed by atoms with van der Waals surface area (Å²) in [6.45, 7) is 4.09. The number of aromatic nitrogens is 2. The topological polar surface area (TPSA) is 81.1 Å². The lowest BCUT2D eigenvalue weighted by molar-refractivity contribution is -0.140. The second kappa shape index (κ2) is 6.44. The van der Waals surface area contributed by atoms with Gasteiger partial charge in [0.05, 0.1) is 28.3 Å². The molecule has 1 aromatic heterocycles. The van der Waals surface area contributed by atoms with Gasteiger partial charge in [-0.15, -0.1) is 0 Å². The number of sulfone groups is 1. The van der Waals surface area contributed by atoms with Crippen molar-refractivity contribution in [2.75, 3.05) is 5.32 Å². The predicted molar refractivity (Wildman–Crippen MR) is 119 cm³/mol. The van der Waals surface area contributed by atoms with Gasteiger partial charge < -0.3 is 5.32 Å². The number of carbonyl (C=O) groups excluding carboxylic acids is 1. The van der Waals surface area contributed by atoms with Gasteiger partial charge in [-0.1, -0.05) is 12.1 Å². The zero-order valence-corrected chi connectivity index (χ0v) is 19.0. The first kappa shape index (κ1) is 19.5. The lowest BCUT2D eigenvalue weighted by Gasteiger charge is -2.55. The van der Waals surface area contributed by atoms with Gasteiger partial charge in [0.15, 0.2) is 9.84 Å². The van der Waals surface area contributed by atoms with Crippen LogP contribution in [0, 0.1) is 37.0 Å². The smallest absolute Gasteiger partial charge is 0.231 e. The van der Waals surface area contributed by atoms with Gasteiger partial charge in [0.2, 0.25) is 5.91 Å². The Morgan fingerprint density at radius 2 is 1.71 bits per heavy atom. The Morgan fingerprint density at radius 3 is 2.35 bits per heavy atom. The number of rotatable bonds is 3. The Kier molecular flexibility index (Phi) is 4.05. The van der Waals surface area contributed by atoms with Crippen molar-refractivity contribution in [1.82, 2.24) is 9.78 Å². The van der Waals surface area contributed by atoms with Crippen molar-refractivity contribution in [2.45, 2.75) is 63.9 Å². The first-order valence-corrected chi connectivity index (χ1v) is 13.2. The molecular weight excluding hydrogens is 410 g/mol. The monoisotopic (exact) mass is 439 g/mol. The summed E-state index contributed by atoms with van der Waals surface area (Å²) in [7, 11) is -3.21. The number of hydrogen-bond acceptors (Lipinski definition) is 4. The van der Waals surface area contributed by atoms with Crippen LogP contribution in [-0.4, -0.2) is 24.1 Å². The summed E-state index contributed by atoms with van der Waals surface area (Å²) < 4.78 is 26.4. The molecule has 0 atom stereocenters. The van der Waals surface area contributed by atoms with Gasteiger partial charge in [0.25, 0.3) is 0 Å². The molecule has 7 heteroatoms. The van der Waals surface area contributed by atoms with Gasteiger partial charge in [-0.05, 0) is 87.3 Å². The molecule has 1 aromatic carbocycles. The molecule has 2 aromatic rings. The van der Waals surface area contributed by atoms with Crippen LogP contribution >= 0.6 is 0 Å². The molecular formula is C24H29N3O3S. The molecule has 0 unspecified atom stereocenters. The molecule has 4 bridgehead atoms. The minimum Gasteiger partial charge on any atom is -0.310 e. The van der Waals surface area contributed by atoms with E-state index in [4.69, 9.17) is 0 Å². The highest BCUT2D eigenvalue weighted by molar-refractivity contribution is 7.90. The van der Waals surface area contributed by atoms with Crippen LogP contribution < -0.4 is 5.32 Å². The molecule has 31 heavy (non-hydrogen) atoms. The van der Waals surface area contributed by atoms with E-state index in [1.807, 2.05) is 32.0 Å². The molecule has 0 radical (unpaired) electrons. The SMILES string of the molecule is Cc1cccc(-n2nc3c(c2NC(=O)C24CC5CC(CC(C5)C2)C4)CS(=O)(=O)C3)c1C. The van der Waals surface area contributed by atoms with E-state index in [9.17, 15) is 13.2 Å². The fourth-order valence-corrected chi connectivity index (χ4v) is 8.63. The molecule has 5 aliphatic rings. The molecule has 6 nitrogen and oxygen atoms in total. The van der Waals surface area contributed by atoms with Gasteiger partial charge in [0.1, 0.15) is 5.82 Å². The third kappa shape index (κ3) is 2.99. The minimum atomic E-state index is -3.21. The Bertz CT molecular complexity index is 1180. The summed E-state index contributed by atoms with van der Waals surface area (Å²) in [5, 5.41) is 7.91. The van der Waals surface area contributed by atoms with E-state index in [-0.39, 0.29) is 22.8 Å². The van der Waals surface area contributed by atoms with Crippen LogP contribution in [0.1, 0.15) is 60.9 Å². The van der Waals surface area contributed by atoms with Crippen LogP contribution in [0.25, 0.3) is 5.69 Å². The Balaban J connectivity index is 1.42. The molecule has 1 N–H and O–H groups in total. The molecule has 0 saturated heterocycles. The zero-order chi connectivity index (χ0) is 21.5. The van der Waals surface area contributed by atoms with E-state index in [1.165, 1.54) is 19.3 Å². The first-order valence-electron chi connectivity index (χ1n) is 11.4. The summed E-state index contributed by atoms with van der Waals surface area (Å²) in [5.41, 5.74) is 4.06. The average Bonchev–Trinajstić information content (AvgIpc) is 3.15. The molecule has 2 heterocycles. The molecule has 4 saturated carbocycles. The molecule has 0 spiro atoms. The van der Waals surface area contributed by atoms with E-state index in [0.717, 1.165) is 36.1 Å². The molecule has 1 aliphatic heterocycles. The van der Waals surface area contributed by atoms with Crippen LogP contribution in [0.15, 0.2) is 18.2 Å². The highest BCUT2D eigenvalue weighted by Crippen LogP contribution is 2.60. The summed E-state index contributed by atoms with van der Waals surface area (Å²) in [4.78, 5) is 13.8.